The summed E-state index contributed by atoms with van der Waals surface area (Å²) in [5, 5.41) is 9.16. The van der Waals surface area contributed by atoms with Gasteiger partial charge in [-0.3, -0.25) is 4.79 Å². The van der Waals surface area contributed by atoms with E-state index in [0.29, 0.717) is 25.1 Å². The molecule has 6 nitrogen and oxygen atoms in total. The molecule has 0 bridgehead atoms. The normalized spacial score (nSPS) is 12.1. The minimum absolute atomic E-state index is 0.408. The maximum Gasteiger partial charge on any atom is 0.332 e. The van der Waals surface area contributed by atoms with E-state index in [9.17, 15) is 9.59 Å². The molecule has 1 aromatic heterocycles. The fourth-order valence-corrected chi connectivity index (χ4v) is 1.57. The number of carbonyl (C=O) groups excluding carboxylic acids is 1. The van der Waals surface area contributed by atoms with E-state index in [2.05, 4.69) is 4.98 Å². The number of aryl methyl sites for hydroxylation is 1. The largest absolute Gasteiger partial charge is 0.479 e. The summed E-state index contributed by atoms with van der Waals surface area (Å²) in [5.41, 5.74) is 0.494. The maximum absolute atomic E-state index is 11.2. The zero-order valence-corrected chi connectivity index (χ0v) is 9.33. The first kappa shape index (κ1) is 12.2. The Balaban J connectivity index is 3.03. The van der Waals surface area contributed by atoms with Crippen LogP contribution in [-0.4, -0.2) is 38.5 Å². The van der Waals surface area contributed by atoms with E-state index < -0.39 is 12.0 Å². The van der Waals surface area contributed by atoms with Crippen LogP contribution in [0.3, 0.4) is 0 Å². The van der Waals surface area contributed by atoms with E-state index in [-0.39, 0.29) is 0 Å². The molecule has 0 spiro atoms. The van der Waals surface area contributed by atoms with E-state index in [1.165, 1.54) is 17.4 Å². The molecule has 0 fully saturated rings. The van der Waals surface area contributed by atoms with Gasteiger partial charge in [-0.05, 0) is 6.42 Å². The van der Waals surface area contributed by atoms with Gasteiger partial charge < -0.3 is 14.6 Å². The summed E-state index contributed by atoms with van der Waals surface area (Å²) in [6.07, 6.45) is 4.25. The molecule has 0 aliphatic carbocycles. The Labute approximate surface area is 93.5 Å². The van der Waals surface area contributed by atoms with Crippen LogP contribution in [0, 0.1) is 0 Å². The van der Waals surface area contributed by atoms with E-state index in [0.717, 1.165) is 0 Å². The van der Waals surface area contributed by atoms with Gasteiger partial charge in [0.1, 0.15) is 0 Å². The summed E-state index contributed by atoms with van der Waals surface area (Å²) < 4.78 is 1.60. The molecule has 1 rings (SSSR count). The quantitative estimate of drug-likeness (QED) is 0.712. The standard InChI is InChI=1S/C10H15N3O3/c1-3-4-13(7-14)9(10(15)16)8-5-11-6-12(8)2/h5-7,9H,3-4H2,1-2H3,(H,15,16). The highest BCUT2D eigenvalue weighted by Gasteiger charge is 2.28. The first-order valence-corrected chi connectivity index (χ1v) is 5.01. The lowest BCUT2D eigenvalue weighted by atomic mass is 10.2. The average molecular weight is 225 g/mol. The predicted molar refractivity (Wildman–Crippen MR) is 56.6 cm³/mol. The smallest absolute Gasteiger partial charge is 0.332 e. The Hall–Kier alpha value is -1.85. The first-order chi connectivity index (χ1) is 7.61. The summed E-state index contributed by atoms with van der Waals surface area (Å²) in [5.74, 6) is -1.05. The minimum Gasteiger partial charge on any atom is -0.479 e. The molecule has 88 valence electrons. The molecule has 0 aliphatic heterocycles. The number of rotatable bonds is 6. The van der Waals surface area contributed by atoms with Gasteiger partial charge in [0, 0.05) is 13.6 Å². The van der Waals surface area contributed by atoms with Crippen LogP contribution >= 0.6 is 0 Å². The number of aliphatic carboxylic acids is 1. The van der Waals surface area contributed by atoms with Crippen LogP contribution in [0.1, 0.15) is 25.1 Å². The fourth-order valence-electron chi connectivity index (χ4n) is 1.57. The highest BCUT2D eigenvalue weighted by atomic mass is 16.4. The number of carboxylic acid groups (broad SMARTS) is 1. The lowest BCUT2D eigenvalue weighted by molar-refractivity contribution is -0.147. The molecule has 1 unspecified atom stereocenters. The van der Waals surface area contributed by atoms with Gasteiger partial charge in [0.15, 0.2) is 6.04 Å². The highest BCUT2D eigenvalue weighted by Crippen LogP contribution is 2.19. The van der Waals surface area contributed by atoms with E-state index in [4.69, 9.17) is 5.11 Å². The molecule has 6 heteroatoms. The molecule has 1 aromatic rings. The summed E-state index contributed by atoms with van der Waals surface area (Å²) in [4.78, 5) is 27.2. The first-order valence-electron chi connectivity index (χ1n) is 5.01. The van der Waals surface area contributed by atoms with Gasteiger partial charge >= 0.3 is 5.97 Å². The summed E-state index contributed by atoms with van der Waals surface area (Å²) >= 11 is 0. The second kappa shape index (κ2) is 5.29. The molecule has 1 N–H and O–H groups in total. The fraction of sp³-hybridized carbons (Fsp3) is 0.500. The third kappa shape index (κ3) is 2.39. The number of carbonyl (C=O) groups is 2. The minimum atomic E-state index is -1.05. The molecular weight excluding hydrogens is 210 g/mol. The number of carboxylic acids is 1. The Morgan fingerprint density at radius 2 is 2.44 bits per heavy atom. The summed E-state index contributed by atoms with van der Waals surface area (Å²) in [6.45, 7) is 2.30. The number of imidazole rings is 1. The van der Waals surface area contributed by atoms with Crippen LogP contribution in [-0.2, 0) is 16.6 Å². The van der Waals surface area contributed by atoms with Crippen molar-refractivity contribution in [3.63, 3.8) is 0 Å². The molecule has 0 aromatic carbocycles. The zero-order chi connectivity index (χ0) is 12.1. The molecule has 0 saturated carbocycles. The molecule has 16 heavy (non-hydrogen) atoms. The van der Waals surface area contributed by atoms with Gasteiger partial charge in [0.05, 0.1) is 18.2 Å². The van der Waals surface area contributed by atoms with Crippen molar-refractivity contribution in [1.29, 1.82) is 0 Å². The van der Waals surface area contributed by atoms with Gasteiger partial charge in [0.25, 0.3) is 0 Å². The van der Waals surface area contributed by atoms with Crippen LogP contribution in [0.2, 0.25) is 0 Å². The van der Waals surface area contributed by atoms with Crippen molar-refractivity contribution >= 4 is 12.4 Å². The Kier molecular flexibility index (Phi) is 4.04. The lowest BCUT2D eigenvalue weighted by Crippen LogP contribution is -2.34. The molecular formula is C10H15N3O3. The predicted octanol–water partition coefficient (Wildman–Crippen LogP) is 0.414. The van der Waals surface area contributed by atoms with Gasteiger partial charge in [-0.1, -0.05) is 6.92 Å². The zero-order valence-electron chi connectivity index (χ0n) is 9.33. The van der Waals surface area contributed by atoms with E-state index >= 15 is 0 Å². The summed E-state index contributed by atoms with van der Waals surface area (Å²) in [7, 11) is 1.70. The third-order valence-corrected chi connectivity index (χ3v) is 2.32. The second-order valence-corrected chi connectivity index (χ2v) is 3.51. The average Bonchev–Trinajstić information content (AvgIpc) is 2.63. The van der Waals surface area contributed by atoms with Crippen LogP contribution in [0.15, 0.2) is 12.5 Å². The van der Waals surface area contributed by atoms with Crippen LogP contribution in [0.4, 0.5) is 0 Å². The van der Waals surface area contributed by atoms with Crippen molar-refractivity contribution < 1.29 is 14.7 Å². The third-order valence-electron chi connectivity index (χ3n) is 2.32. The lowest BCUT2D eigenvalue weighted by Gasteiger charge is -2.24. The number of amides is 1. The van der Waals surface area contributed by atoms with Crippen molar-refractivity contribution in [1.82, 2.24) is 14.5 Å². The molecule has 0 radical (unpaired) electrons. The second-order valence-electron chi connectivity index (χ2n) is 3.51. The Bertz CT molecular complexity index is 375. The highest BCUT2D eigenvalue weighted by molar-refractivity contribution is 5.77. The maximum atomic E-state index is 11.2. The van der Waals surface area contributed by atoms with Crippen LogP contribution in [0.25, 0.3) is 0 Å². The van der Waals surface area contributed by atoms with Crippen molar-refractivity contribution in [2.45, 2.75) is 19.4 Å². The van der Waals surface area contributed by atoms with E-state index in [1.54, 1.807) is 11.6 Å². The van der Waals surface area contributed by atoms with Crippen molar-refractivity contribution in [2.75, 3.05) is 6.54 Å². The molecule has 0 saturated heterocycles. The van der Waals surface area contributed by atoms with Gasteiger partial charge in [-0.2, -0.15) is 0 Å². The van der Waals surface area contributed by atoms with Crippen LogP contribution < -0.4 is 0 Å². The topological polar surface area (TPSA) is 75.4 Å². The van der Waals surface area contributed by atoms with Gasteiger partial charge in [-0.15, -0.1) is 0 Å². The number of nitrogens with zero attached hydrogens (tertiary/aromatic N) is 3. The van der Waals surface area contributed by atoms with Crippen LogP contribution in [0.5, 0.6) is 0 Å². The number of hydrogen-bond donors (Lipinski definition) is 1. The molecule has 1 amide bonds. The monoisotopic (exact) mass is 225 g/mol. The summed E-state index contributed by atoms with van der Waals surface area (Å²) in [6, 6.07) is -0.968. The molecule has 1 heterocycles. The number of hydrogen-bond acceptors (Lipinski definition) is 3. The SMILES string of the molecule is CCCN(C=O)C(C(=O)O)c1cncn1C. The molecule has 0 aliphatic rings. The van der Waals surface area contributed by atoms with Crippen molar-refractivity contribution in [3.8, 4) is 0 Å². The number of aromatic nitrogens is 2. The molecule has 1 atom stereocenters. The van der Waals surface area contributed by atoms with Gasteiger partial charge in [0.2, 0.25) is 6.41 Å². The Morgan fingerprint density at radius 3 is 2.81 bits per heavy atom. The van der Waals surface area contributed by atoms with Crippen molar-refractivity contribution in [3.05, 3.63) is 18.2 Å². The van der Waals surface area contributed by atoms with E-state index in [1.807, 2.05) is 6.92 Å². The van der Waals surface area contributed by atoms with Crippen molar-refractivity contribution in [2.24, 2.45) is 7.05 Å². The Morgan fingerprint density at radius 1 is 1.75 bits per heavy atom. The van der Waals surface area contributed by atoms with Gasteiger partial charge in [-0.25, -0.2) is 9.78 Å².